The number of anilines is 2. The lowest BCUT2D eigenvalue weighted by Crippen LogP contribution is -2.23. The van der Waals surface area contributed by atoms with E-state index in [0.29, 0.717) is 23.0 Å². The van der Waals surface area contributed by atoms with Gasteiger partial charge in [0.2, 0.25) is 0 Å². The van der Waals surface area contributed by atoms with E-state index in [-0.39, 0.29) is 0 Å². The first-order valence-electron chi connectivity index (χ1n) is 6.52. The number of nitrogens with zero attached hydrogens (tertiary/aromatic N) is 2. The SMILES string of the molecule is CCn1ncc(NC(=S)Nc2ccccc2C)c1C(N)=O. The fourth-order valence-electron chi connectivity index (χ4n) is 1.97. The first-order chi connectivity index (χ1) is 10.0. The van der Waals surface area contributed by atoms with Crippen molar-refractivity contribution in [1.29, 1.82) is 0 Å². The van der Waals surface area contributed by atoms with Crippen molar-refractivity contribution in [3.63, 3.8) is 0 Å². The molecule has 0 spiro atoms. The number of thiocarbonyl (C=S) groups is 1. The number of nitrogens with one attached hydrogen (secondary N) is 2. The van der Waals surface area contributed by atoms with E-state index in [1.165, 1.54) is 10.9 Å². The average Bonchev–Trinajstić information content (AvgIpc) is 2.84. The number of para-hydroxylation sites is 1. The Morgan fingerprint density at radius 2 is 2.00 bits per heavy atom. The van der Waals surface area contributed by atoms with Crippen molar-refractivity contribution in [1.82, 2.24) is 9.78 Å². The molecule has 2 rings (SSSR count). The Balaban J connectivity index is 2.15. The quantitative estimate of drug-likeness (QED) is 0.753. The molecule has 1 aromatic heterocycles. The zero-order valence-electron chi connectivity index (χ0n) is 11.9. The lowest BCUT2D eigenvalue weighted by Gasteiger charge is -2.12. The first-order valence-corrected chi connectivity index (χ1v) is 6.93. The van der Waals surface area contributed by atoms with Crippen LogP contribution in [0, 0.1) is 6.92 Å². The van der Waals surface area contributed by atoms with E-state index >= 15 is 0 Å². The van der Waals surface area contributed by atoms with Gasteiger partial charge < -0.3 is 16.4 Å². The number of rotatable bonds is 4. The molecule has 0 saturated heterocycles. The molecule has 6 nitrogen and oxygen atoms in total. The minimum absolute atomic E-state index is 0.312. The van der Waals surface area contributed by atoms with Gasteiger partial charge in [-0.15, -0.1) is 0 Å². The molecule has 21 heavy (non-hydrogen) atoms. The summed E-state index contributed by atoms with van der Waals surface area (Å²) in [6.45, 7) is 4.42. The molecule has 0 saturated carbocycles. The highest BCUT2D eigenvalue weighted by Gasteiger charge is 2.16. The molecular formula is C14H17N5OS. The van der Waals surface area contributed by atoms with Crippen LogP contribution in [0.25, 0.3) is 0 Å². The third kappa shape index (κ3) is 3.38. The molecule has 110 valence electrons. The van der Waals surface area contributed by atoms with Crippen LogP contribution in [-0.4, -0.2) is 20.8 Å². The number of aromatic nitrogens is 2. The maximum Gasteiger partial charge on any atom is 0.269 e. The van der Waals surface area contributed by atoms with Crippen molar-refractivity contribution >= 4 is 34.6 Å². The molecule has 0 atom stereocenters. The monoisotopic (exact) mass is 303 g/mol. The van der Waals surface area contributed by atoms with Crippen LogP contribution in [-0.2, 0) is 6.54 Å². The number of carbonyl (C=O) groups excluding carboxylic acids is 1. The highest BCUT2D eigenvalue weighted by molar-refractivity contribution is 7.80. The van der Waals surface area contributed by atoms with Crippen LogP contribution in [0.15, 0.2) is 30.5 Å². The van der Waals surface area contributed by atoms with Gasteiger partial charge in [0.1, 0.15) is 5.69 Å². The smallest absolute Gasteiger partial charge is 0.269 e. The summed E-state index contributed by atoms with van der Waals surface area (Å²) < 4.78 is 1.53. The molecule has 0 bridgehead atoms. The van der Waals surface area contributed by atoms with Crippen molar-refractivity contribution in [2.75, 3.05) is 10.6 Å². The fourth-order valence-corrected chi connectivity index (χ4v) is 2.19. The molecule has 4 N–H and O–H groups in total. The Kier molecular flexibility index (Phi) is 4.54. The van der Waals surface area contributed by atoms with Crippen LogP contribution in [0.1, 0.15) is 23.0 Å². The van der Waals surface area contributed by atoms with Gasteiger partial charge in [-0.1, -0.05) is 18.2 Å². The van der Waals surface area contributed by atoms with Gasteiger partial charge in [0.15, 0.2) is 5.11 Å². The van der Waals surface area contributed by atoms with Gasteiger partial charge in [-0.05, 0) is 37.7 Å². The zero-order chi connectivity index (χ0) is 15.4. The maximum absolute atomic E-state index is 11.5. The Morgan fingerprint density at radius 1 is 1.33 bits per heavy atom. The number of benzene rings is 1. The second-order valence-electron chi connectivity index (χ2n) is 4.48. The summed E-state index contributed by atoms with van der Waals surface area (Å²) >= 11 is 5.26. The van der Waals surface area contributed by atoms with E-state index in [2.05, 4.69) is 15.7 Å². The molecule has 1 amide bonds. The molecule has 0 aliphatic rings. The Labute approximate surface area is 128 Å². The predicted molar refractivity (Wildman–Crippen MR) is 87.4 cm³/mol. The molecule has 0 fully saturated rings. The van der Waals surface area contributed by atoms with Gasteiger partial charge in [0.05, 0.1) is 11.9 Å². The van der Waals surface area contributed by atoms with E-state index in [0.717, 1.165) is 11.3 Å². The summed E-state index contributed by atoms with van der Waals surface area (Å²) in [5.41, 5.74) is 8.16. The van der Waals surface area contributed by atoms with E-state index in [1.54, 1.807) is 0 Å². The molecule has 0 radical (unpaired) electrons. The minimum Gasteiger partial charge on any atom is -0.364 e. The van der Waals surface area contributed by atoms with Gasteiger partial charge in [-0.2, -0.15) is 5.10 Å². The van der Waals surface area contributed by atoms with Gasteiger partial charge in [-0.3, -0.25) is 9.48 Å². The van der Waals surface area contributed by atoms with Gasteiger partial charge >= 0.3 is 0 Å². The molecule has 2 aromatic rings. The second kappa shape index (κ2) is 6.36. The normalized spacial score (nSPS) is 10.2. The van der Waals surface area contributed by atoms with E-state index in [9.17, 15) is 4.79 Å². The van der Waals surface area contributed by atoms with Crippen LogP contribution in [0.4, 0.5) is 11.4 Å². The standard InChI is InChI=1S/C14H17N5OS/c1-3-19-12(13(15)20)11(8-16-19)18-14(21)17-10-7-5-4-6-9(10)2/h4-8H,3H2,1-2H3,(H2,15,20)(H2,17,18,21). The van der Waals surface area contributed by atoms with Crippen LogP contribution in [0.5, 0.6) is 0 Å². The fraction of sp³-hybridized carbons (Fsp3) is 0.214. The first kappa shape index (κ1) is 15.0. The number of carbonyl (C=O) groups is 1. The maximum atomic E-state index is 11.5. The largest absolute Gasteiger partial charge is 0.364 e. The summed E-state index contributed by atoms with van der Waals surface area (Å²) in [5.74, 6) is -0.546. The molecule has 0 aliphatic heterocycles. The summed E-state index contributed by atoms with van der Waals surface area (Å²) in [7, 11) is 0. The molecule has 0 aliphatic carbocycles. The molecule has 1 aromatic carbocycles. The van der Waals surface area contributed by atoms with Crippen LogP contribution >= 0.6 is 12.2 Å². The Bertz CT molecular complexity index is 680. The molecule has 7 heteroatoms. The van der Waals surface area contributed by atoms with Crippen LogP contribution in [0.3, 0.4) is 0 Å². The summed E-state index contributed by atoms with van der Waals surface area (Å²) in [6, 6.07) is 7.78. The second-order valence-corrected chi connectivity index (χ2v) is 4.89. The van der Waals surface area contributed by atoms with Gasteiger partial charge in [0, 0.05) is 12.2 Å². The van der Waals surface area contributed by atoms with Crippen molar-refractivity contribution < 1.29 is 4.79 Å². The number of nitrogens with two attached hydrogens (primary N) is 1. The molecule has 1 heterocycles. The Morgan fingerprint density at radius 3 is 2.62 bits per heavy atom. The third-order valence-electron chi connectivity index (χ3n) is 3.01. The number of amides is 1. The van der Waals surface area contributed by atoms with Crippen LogP contribution in [0.2, 0.25) is 0 Å². The van der Waals surface area contributed by atoms with Gasteiger partial charge in [-0.25, -0.2) is 0 Å². The molecule has 0 unspecified atom stereocenters. The summed E-state index contributed by atoms with van der Waals surface area (Å²) in [6.07, 6.45) is 1.54. The predicted octanol–water partition coefficient (Wildman–Crippen LogP) is 2.12. The Hall–Kier alpha value is -2.41. The topological polar surface area (TPSA) is 85.0 Å². The van der Waals surface area contributed by atoms with E-state index in [1.807, 2.05) is 38.1 Å². The van der Waals surface area contributed by atoms with Crippen LogP contribution < -0.4 is 16.4 Å². The highest BCUT2D eigenvalue weighted by atomic mass is 32.1. The van der Waals surface area contributed by atoms with Crippen molar-refractivity contribution in [2.45, 2.75) is 20.4 Å². The number of primary amides is 1. The van der Waals surface area contributed by atoms with E-state index in [4.69, 9.17) is 18.0 Å². The van der Waals surface area contributed by atoms with E-state index < -0.39 is 5.91 Å². The lowest BCUT2D eigenvalue weighted by molar-refractivity contribution is 0.0991. The summed E-state index contributed by atoms with van der Waals surface area (Å²) in [4.78, 5) is 11.5. The zero-order valence-corrected chi connectivity index (χ0v) is 12.7. The summed E-state index contributed by atoms with van der Waals surface area (Å²) in [5, 5.41) is 10.5. The van der Waals surface area contributed by atoms with Crippen molar-refractivity contribution in [2.24, 2.45) is 5.73 Å². The minimum atomic E-state index is -0.546. The lowest BCUT2D eigenvalue weighted by atomic mass is 10.2. The van der Waals surface area contributed by atoms with Crippen molar-refractivity contribution in [3.05, 3.63) is 41.7 Å². The highest BCUT2D eigenvalue weighted by Crippen LogP contribution is 2.17. The number of aryl methyl sites for hydroxylation is 2. The number of hydrogen-bond donors (Lipinski definition) is 3. The third-order valence-corrected chi connectivity index (χ3v) is 3.22. The average molecular weight is 303 g/mol. The molecular weight excluding hydrogens is 286 g/mol. The van der Waals surface area contributed by atoms with Crippen molar-refractivity contribution in [3.8, 4) is 0 Å². The number of hydrogen-bond acceptors (Lipinski definition) is 3. The van der Waals surface area contributed by atoms with Gasteiger partial charge in [0.25, 0.3) is 5.91 Å².